The number of carbonyl (C=O) groups excluding carboxylic acids is 1. The molecule has 2 N–H and O–H groups in total. The van der Waals surface area contributed by atoms with Gasteiger partial charge < -0.3 is 10.6 Å². The third-order valence-corrected chi connectivity index (χ3v) is 4.87. The van der Waals surface area contributed by atoms with Crippen LogP contribution in [0.5, 0.6) is 0 Å². The first kappa shape index (κ1) is 13.7. The zero-order chi connectivity index (χ0) is 15.1. The largest absolute Gasteiger partial charge is 0.334 e. The third kappa shape index (κ3) is 2.28. The molecule has 1 aromatic heterocycles. The Morgan fingerprint density at radius 3 is 2.86 bits per heavy atom. The van der Waals surface area contributed by atoms with E-state index in [4.69, 9.17) is 10.7 Å². The van der Waals surface area contributed by atoms with Crippen LogP contribution in [0.4, 0.5) is 0 Å². The average molecular weight is 295 g/mol. The lowest BCUT2D eigenvalue weighted by Crippen LogP contribution is -2.40. The monoisotopic (exact) mass is 295 g/mol. The zero-order valence-corrected chi connectivity index (χ0v) is 12.7. The summed E-state index contributed by atoms with van der Waals surface area (Å²) in [6, 6.07) is 10.2. The van der Waals surface area contributed by atoms with Crippen LogP contribution in [0.2, 0.25) is 0 Å². The number of carbonyl (C=O) groups is 1. The summed E-state index contributed by atoms with van der Waals surface area (Å²) in [6.45, 7) is 1.36. The van der Waals surface area contributed by atoms with Crippen LogP contribution in [0, 0.1) is 0 Å². The lowest BCUT2D eigenvalue weighted by molar-refractivity contribution is 0.0743. The summed E-state index contributed by atoms with van der Waals surface area (Å²) in [5.74, 6) is 0.661. The van der Waals surface area contributed by atoms with Crippen molar-refractivity contribution in [3.63, 3.8) is 0 Å². The Labute approximate surface area is 130 Å². The van der Waals surface area contributed by atoms with Crippen LogP contribution in [0.25, 0.3) is 10.9 Å². The Balaban J connectivity index is 1.80. The summed E-state index contributed by atoms with van der Waals surface area (Å²) >= 11 is 0. The van der Waals surface area contributed by atoms with Gasteiger partial charge in [0.15, 0.2) is 0 Å². The number of aromatic nitrogens is 1. The lowest BCUT2D eigenvalue weighted by Gasteiger charge is -2.24. The maximum atomic E-state index is 13.1. The molecule has 1 amide bonds. The van der Waals surface area contributed by atoms with Crippen molar-refractivity contribution in [2.45, 2.75) is 37.6 Å². The van der Waals surface area contributed by atoms with E-state index < -0.39 is 0 Å². The minimum Gasteiger partial charge on any atom is -0.334 e. The fourth-order valence-electron chi connectivity index (χ4n) is 3.46. The van der Waals surface area contributed by atoms with Crippen molar-refractivity contribution < 1.29 is 4.79 Å². The van der Waals surface area contributed by atoms with Gasteiger partial charge in [-0.05, 0) is 37.8 Å². The van der Waals surface area contributed by atoms with E-state index in [2.05, 4.69) is 0 Å². The summed E-state index contributed by atoms with van der Waals surface area (Å²) in [5, 5.41) is 0.958. The molecule has 1 saturated heterocycles. The van der Waals surface area contributed by atoms with Gasteiger partial charge in [0.05, 0.1) is 11.1 Å². The maximum absolute atomic E-state index is 13.1. The number of nitrogens with zero attached hydrogens (tertiary/aromatic N) is 2. The number of hydrogen-bond acceptors (Lipinski definition) is 3. The number of amides is 1. The zero-order valence-electron chi connectivity index (χ0n) is 12.7. The highest BCUT2D eigenvalue weighted by Crippen LogP contribution is 2.40. The molecule has 0 spiro atoms. The van der Waals surface area contributed by atoms with Crippen LogP contribution < -0.4 is 5.73 Å². The molecule has 4 nitrogen and oxygen atoms in total. The Hall–Kier alpha value is -1.94. The molecule has 2 heterocycles. The number of pyridine rings is 1. The fourth-order valence-corrected chi connectivity index (χ4v) is 3.46. The first-order valence-electron chi connectivity index (χ1n) is 8.18. The number of likely N-dealkylation sites (tertiary alicyclic amines) is 1. The second kappa shape index (κ2) is 5.36. The number of fused-ring (bicyclic) bond motifs is 1. The van der Waals surface area contributed by atoms with E-state index in [-0.39, 0.29) is 11.9 Å². The first-order chi connectivity index (χ1) is 10.8. The smallest absolute Gasteiger partial charge is 0.254 e. The van der Waals surface area contributed by atoms with Crippen molar-refractivity contribution >= 4 is 16.8 Å². The standard InChI is InChI=1S/C18H21N3O/c19-11-13-4-3-9-21(13)18(22)15-10-17(12-7-8-12)20-16-6-2-1-5-14(15)16/h1-2,5-6,10,12-13H,3-4,7-9,11,19H2. The van der Waals surface area contributed by atoms with Crippen LogP contribution in [-0.4, -0.2) is 34.9 Å². The van der Waals surface area contributed by atoms with E-state index in [1.807, 2.05) is 35.2 Å². The second-order valence-electron chi connectivity index (χ2n) is 6.42. The van der Waals surface area contributed by atoms with Gasteiger partial charge in [-0.1, -0.05) is 18.2 Å². The molecule has 0 bridgehead atoms. The average Bonchev–Trinajstić information content (AvgIpc) is 3.30. The molecule has 2 aliphatic rings. The molecule has 1 atom stereocenters. The minimum atomic E-state index is 0.119. The maximum Gasteiger partial charge on any atom is 0.254 e. The predicted octanol–water partition coefficient (Wildman–Crippen LogP) is 2.68. The van der Waals surface area contributed by atoms with E-state index >= 15 is 0 Å². The number of nitrogens with two attached hydrogens (primary N) is 1. The second-order valence-corrected chi connectivity index (χ2v) is 6.42. The van der Waals surface area contributed by atoms with Gasteiger partial charge in [-0.3, -0.25) is 9.78 Å². The van der Waals surface area contributed by atoms with Gasteiger partial charge in [-0.15, -0.1) is 0 Å². The van der Waals surface area contributed by atoms with E-state index in [0.717, 1.165) is 41.5 Å². The summed E-state index contributed by atoms with van der Waals surface area (Å²) in [5.41, 5.74) is 8.64. The number of rotatable bonds is 3. The topological polar surface area (TPSA) is 59.2 Å². The molecule has 22 heavy (non-hydrogen) atoms. The molecule has 1 saturated carbocycles. The molecule has 2 aromatic rings. The first-order valence-corrected chi connectivity index (χ1v) is 8.18. The molecule has 2 fully saturated rings. The quantitative estimate of drug-likeness (QED) is 0.947. The summed E-state index contributed by atoms with van der Waals surface area (Å²) < 4.78 is 0. The van der Waals surface area contributed by atoms with Crippen molar-refractivity contribution in [1.82, 2.24) is 9.88 Å². The molecular formula is C18H21N3O. The summed E-state index contributed by atoms with van der Waals surface area (Å²) in [7, 11) is 0. The van der Waals surface area contributed by atoms with E-state index in [1.54, 1.807) is 0 Å². The highest BCUT2D eigenvalue weighted by Gasteiger charge is 2.31. The van der Waals surface area contributed by atoms with Gasteiger partial charge in [0.25, 0.3) is 5.91 Å². The van der Waals surface area contributed by atoms with E-state index in [0.29, 0.717) is 12.5 Å². The van der Waals surface area contributed by atoms with Gasteiger partial charge >= 0.3 is 0 Å². The normalized spacial score (nSPS) is 21.5. The highest BCUT2D eigenvalue weighted by atomic mass is 16.2. The van der Waals surface area contributed by atoms with Gasteiger partial charge in [0, 0.05) is 36.1 Å². The third-order valence-electron chi connectivity index (χ3n) is 4.87. The summed E-state index contributed by atoms with van der Waals surface area (Å²) in [4.78, 5) is 19.8. The minimum absolute atomic E-state index is 0.119. The van der Waals surface area contributed by atoms with E-state index in [1.165, 1.54) is 12.8 Å². The van der Waals surface area contributed by atoms with Crippen LogP contribution >= 0.6 is 0 Å². The van der Waals surface area contributed by atoms with Crippen molar-refractivity contribution in [2.24, 2.45) is 5.73 Å². The van der Waals surface area contributed by atoms with Crippen molar-refractivity contribution in [3.8, 4) is 0 Å². The van der Waals surface area contributed by atoms with Crippen molar-refractivity contribution in [2.75, 3.05) is 13.1 Å². The summed E-state index contributed by atoms with van der Waals surface area (Å²) in [6.07, 6.45) is 4.44. The van der Waals surface area contributed by atoms with Crippen LogP contribution in [-0.2, 0) is 0 Å². The molecule has 0 radical (unpaired) electrons. The molecular weight excluding hydrogens is 274 g/mol. The van der Waals surface area contributed by atoms with Gasteiger partial charge in [0.1, 0.15) is 0 Å². The highest BCUT2D eigenvalue weighted by molar-refractivity contribution is 6.06. The molecule has 114 valence electrons. The molecule has 1 aliphatic heterocycles. The predicted molar refractivity (Wildman–Crippen MR) is 86.8 cm³/mol. The van der Waals surface area contributed by atoms with E-state index in [9.17, 15) is 4.79 Å². The lowest BCUT2D eigenvalue weighted by atomic mass is 10.0. The van der Waals surface area contributed by atoms with Gasteiger partial charge in [0.2, 0.25) is 0 Å². The molecule has 4 heteroatoms. The Bertz CT molecular complexity index is 723. The van der Waals surface area contributed by atoms with Gasteiger partial charge in [-0.25, -0.2) is 0 Å². The molecule has 1 unspecified atom stereocenters. The molecule has 1 aromatic carbocycles. The molecule has 1 aliphatic carbocycles. The number of para-hydroxylation sites is 1. The van der Waals surface area contributed by atoms with Crippen LogP contribution in [0.1, 0.15) is 47.7 Å². The number of benzene rings is 1. The van der Waals surface area contributed by atoms with Gasteiger partial charge in [-0.2, -0.15) is 0 Å². The van der Waals surface area contributed by atoms with Crippen molar-refractivity contribution in [1.29, 1.82) is 0 Å². The molecule has 4 rings (SSSR count). The Morgan fingerprint density at radius 1 is 1.27 bits per heavy atom. The number of hydrogen-bond donors (Lipinski definition) is 1. The Morgan fingerprint density at radius 2 is 2.09 bits per heavy atom. The SMILES string of the molecule is NCC1CCCN1C(=O)c1cc(C2CC2)nc2ccccc12. The Kier molecular flexibility index (Phi) is 3.34. The fraction of sp³-hybridized carbons (Fsp3) is 0.444. The van der Waals surface area contributed by atoms with Crippen molar-refractivity contribution in [3.05, 3.63) is 41.6 Å². The van der Waals surface area contributed by atoms with Crippen LogP contribution in [0.3, 0.4) is 0 Å². The van der Waals surface area contributed by atoms with Crippen LogP contribution in [0.15, 0.2) is 30.3 Å².